The lowest BCUT2D eigenvalue weighted by molar-refractivity contribution is 0.101. The molecule has 0 aliphatic heterocycles. The van der Waals surface area contributed by atoms with Crippen LogP contribution in [0.25, 0.3) is 5.65 Å². The quantitative estimate of drug-likeness (QED) is 0.744. The summed E-state index contributed by atoms with van der Waals surface area (Å²) in [5.74, 6) is 0.787. The summed E-state index contributed by atoms with van der Waals surface area (Å²) in [5.41, 5.74) is 1.51. The highest BCUT2D eigenvalue weighted by Crippen LogP contribution is 2.16. The van der Waals surface area contributed by atoms with Crippen LogP contribution in [-0.4, -0.2) is 58.2 Å². The Morgan fingerprint density at radius 3 is 3.00 bits per heavy atom. The molecular formula is C12H18N4O3. The lowest BCUT2D eigenvalue weighted by atomic mass is 10.3. The molecule has 2 heterocycles. The van der Waals surface area contributed by atoms with Crippen LogP contribution in [0.1, 0.15) is 5.69 Å². The van der Waals surface area contributed by atoms with Gasteiger partial charge in [0.1, 0.15) is 5.82 Å². The van der Waals surface area contributed by atoms with Crippen molar-refractivity contribution in [3.8, 4) is 0 Å². The first-order valence-corrected chi connectivity index (χ1v) is 5.98. The molecule has 2 rings (SSSR count). The number of aromatic nitrogens is 3. The number of ether oxygens (including phenoxy) is 1. The smallest absolute Gasteiger partial charge is 0.157 e. The standard InChI is InChI=1S/C12H18N4O3/c1-15(6-10(18)7-17)12-5-9(8-19-2)14-11-3-4-13-16(11)12/h3-5,10,17-18H,6-8H2,1-2H3. The summed E-state index contributed by atoms with van der Waals surface area (Å²) < 4.78 is 6.77. The zero-order valence-corrected chi connectivity index (χ0v) is 11.0. The van der Waals surface area contributed by atoms with Crippen molar-refractivity contribution in [3.63, 3.8) is 0 Å². The second-order valence-corrected chi connectivity index (χ2v) is 4.36. The summed E-state index contributed by atoms with van der Waals surface area (Å²) in [5, 5.41) is 22.6. The number of anilines is 1. The number of fused-ring (bicyclic) bond motifs is 1. The Labute approximate surface area is 111 Å². The van der Waals surface area contributed by atoms with E-state index in [1.165, 1.54) is 0 Å². The van der Waals surface area contributed by atoms with Crippen molar-refractivity contribution in [1.29, 1.82) is 0 Å². The number of hydrogen-bond acceptors (Lipinski definition) is 6. The second kappa shape index (κ2) is 5.96. The third kappa shape index (κ3) is 3.01. The van der Waals surface area contributed by atoms with Crippen LogP contribution in [0.4, 0.5) is 5.82 Å². The lowest BCUT2D eigenvalue weighted by Crippen LogP contribution is -2.32. The SMILES string of the molecule is COCc1cc(N(C)CC(O)CO)n2nccc2n1. The van der Waals surface area contributed by atoms with Crippen molar-refractivity contribution in [3.05, 3.63) is 24.0 Å². The maximum absolute atomic E-state index is 9.52. The van der Waals surface area contributed by atoms with E-state index in [1.54, 1.807) is 23.9 Å². The van der Waals surface area contributed by atoms with Gasteiger partial charge >= 0.3 is 0 Å². The van der Waals surface area contributed by atoms with E-state index < -0.39 is 6.10 Å². The number of aliphatic hydroxyl groups excluding tert-OH is 2. The molecule has 0 aliphatic carbocycles. The number of aliphatic hydroxyl groups is 2. The predicted octanol–water partition coefficient (Wildman–Crippen LogP) is -0.335. The van der Waals surface area contributed by atoms with Gasteiger partial charge in [0.05, 0.1) is 31.2 Å². The molecule has 19 heavy (non-hydrogen) atoms. The van der Waals surface area contributed by atoms with Crippen LogP contribution in [0.5, 0.6) is 0 Å². The Hall–Kier alpha value is -1.70. The molecule has 0 bridgehead atoms. The molecule has 0 spiro atoms. The summed E-state index contributed by atoms with van der Waals surface area (Å²) in [6.45, 7) is 0.440. The highest BCUT2D eigenvalue weighted by molar-refractivity contribution is 5.50. The van der Waals surface area contributed by atoms with Crippen LogP contribution in [0.2, 0.25) is 0 Å². The van der Waals surface area contributed by atoms with Gasteiger partial charge < -0.3 is 19.8 Å². The molecule has 0 saturated carbocycles. The zero-order chi connectivity index (χ0) is 13.8. The Morgan fingerprint density at radius 1 is 1.53 bits per heavy atom. The second-order valence-electron chi connectivity index (χ2n) is 4.36. The van der Waals surface area contributed by atoms with E-state index in [9.17, 15) is 5.11 Å². The van der Waals surface area contributed by atoms with Crippen molar-refractivity contribution in [2.45, 2.75) is 12.7 Å². The molecule has 7 heteroatoms. The van der Waals surface area contributed by atoms with Gasteiger partial charge in [-0.3, -0.25) is 0 Å². The first kappa shape index (κ1) is 13.7. The molecule has 2 N–H and O–H groups in total. The van der Waals surface area contributed by atoms with Gasteiger partial charge in [-0.15, -0.1) is 0 Å². The van der Waals surface area contributed by atoms with Crippen molar-refractivity contribution < 1.29 is 14.9 Å². The van der Waals surface area contributed by atoms with E-state index in [4.69, 9.17) is 9.84 Å². The minimum Gasteiger partial charge on any atom is -0.394 e. The molecule has 0 aliphatic rings. The molecule has 1 unspecified atom stereocenters. The zero-order valence-electron chi connectivity index (χ0n) is 11.0. The Balaban J connectivity index is 2.36. The third-order valence-electron chi connectivity index (χ3n) is 2.77. The fraction of sp³-hybridized carbons (Fsp3) is 0.500. The summed E-state index contributed by atoms with van der Waals surface area (Å²) in [6, 6.07) is 3.66. The minimum absolute atomic E-state index is 0.275. The van der Waals surface area contributed by atoms with Crippen molar-refractivity contribution in [1.82, 2.24) is 14.6 Å². The first-order chi connectivity index (χ1) is 9.15. The van der Waals surface area contributed by atoms with Crippen molar-refractivity contribution in [2.75, 3.05) is 32.2 Å². The highest BCUT2D eigenvalue weighted by atomic mass is 16.5. The van der Waals surface area contributed by atoms with Gasteiger partial charge in [-0.2, -0.15) is 9.61 Å². The number of hydrogen-bond donors (Lipinski definition) is 2. The summed E-state index contributed by atoms with van der Waals surface area (Å²) in [4.78, 5) is 6.23. The Kier molecular flexibility index (Phi) is 4.31. The van der Waals surface area contributed by atoms with Gasteiger partial charge in [0, 0.05) is 32.8 Å². The van der Waals surface area contributed by atoms with E-state index in [0.29, 0.717) is 13.2 Å². The van der Waals surface area contributed by atoms with Gasteiger partial charge in [-0.25, -0.2) is 4.98 Å². The molecule has 2 aromatic rings. The van der Waals surface area contributed by atoms with Gasteiger partial charge in [-0.05, 0) is 0 Å². The van der Waals surface area contributed by atoms with Crippen LogP contribution >= 0.6 is 0 Å². The number of methoxy groups -OCH3 is 1. The van der Waals surface area contributed by atoms with Crippen molar-refractivity contribution >= 4 is 11.5 Å². The molecule has 0 fully saturated rings. The Bertz CT molecular complexity index is 543. The van der Waals surface area contributed by atoms with E-state index in [1.807, 2.05) is 18.0 Å². The molecule has 1 atom stereocenters. The molecule has 2 aromatic heterocycles. The van der Waals surface area contributed by atoms with Crippen LogP contribution in [-0.2, 0) is 11.3 Å². The molecule has 7 nitrogen and oxygen atoms in total. The van der Waals surface area contributed by atoms with E-state index in [2.05, 4.69) is 10.1 Å². The molecular weight excluding hydrogens is 248 g/mol. The Morgan fingerprint density at radius 2 is 2.32 bits per heavy atom. The summed E-state index contributed by atoms with van der Waals surface area (Å²) in [6.07, 6.45) is 0.869. The van der Waals surface area contributed by atoms with Gasteiger partial charge in [0.2, 0.25) is 0 Å². The van der Waals surface area contributed by atoms with Gasteiger partial charge in [0.15, 0.2) is 5.65 Å². The molecule has 0 aromatic carbocycles. The minimum atomic E-state index is -0.797. The van der Waals surface area contributed by atoms with Crippen LogP contribution in [0, 0.1) is 0 Å². The molecule has 0 saturated heterocycles. The monoisotopic (exact) mass is 266 g/mol. The average molecular weight is 266 g/mol. The van der Waals surface area contributed by atoms with Gasteiger partial charge in [0.25, 0.3) is 0 Å². The fourth-order valence-electron chi connectivity index (χ4n) is 1.91. The van der Waals surface area contributed by atoms with Crippen molar-refractivity contribution in [2.24, 2.45) is 0 Å². The van der Waals surface area contributed by atoms with E-state index in [0.717, 1.165) is 17.2 Å². The predicted molar refractivity (Wildman–Crippen MR) is 70.1 cm³/mol. The maximum Gasteiger partial charge on any atom is 0.157 e. The molecule has 0 radical (unpaired) electrons. The lowest BCUT2D eigenvalue weighted by Gasteiger charge is -2.22. The van der Waals surface area contributed by atoms with E-state index >= 15 is 0 Å². The van der Waals surface area contributed by atoms with Crippen LogP contribution < -0.4 is 4.90 Å². The third-order valence-corrected chi connectivity index (χ3v) is 2.77. The summed E-state index contributed by atoms with van der Waals surface area (Å²) in [7, 11) is 3.44. The van der Waals surface area contributed by atoms with Gasteiger partial charge in [-0.1, -0.05) is 0 Å². The highest BCUT2D eigenvalue weighted by Gasteiger charge is 2.13. The van der Waals surface area contributed by atoms with Crippen LogP contribution in [0.3, 0.4) is 0 Å². The topological polar surface area (TPSA) is 83.1 Å². The fourth-order valence-corrected chi connectivity index (χ4v) is 1.91. The van der Waals surface area contributed by atoms with E-state index in [-0.39, 0.29) is 6.61 Å². The molecule has 0 amide bonds. The number of rotatable bonds is 6. The first-order valence-electron chi connectivity index (χ1n) is 5.98. The summed E-state index contributed by atoms with van der Waals surface area (Å²) >= 11 is 0. The van der Waals surface area contributed by atoms with Crippen LogP contribution in [0.15, 0.2) is 18.3 Å². The maximum atomic E-state index is 9.52. The number of nitrogens with zero attached hydrogens (tertiary/aromatic N) is 4. The molecule has 104 valence electrons. The normalized spacial score (nSPS) is 12.8. The average Bonchev–Trinajstić information content (AvgIpc) is 2.86. The number of likely N-dealkylation sites (N-methyl/N-ethyl adjacent to an activating group) is 1. The largest absolute Gasteiger partial charge is 0.394 e.